The SMILES string of the molecule is O=C(O)c1ccc(C(=O)O)nc1.[Zn]. The van der Waals surface area contributed by atoms with Crippen LogP contribution in [0, 0.1) is 0 Å². The first-order valence-corrected chi connectivity index (χ1v) is 3.04. The summed E-state index contributed by atoms with van der Waals surface area (Å²) in [5.74, 6) is -2.30. The third-order valence-electron chi connectivity index (χ3n) is 1.23. The van der Waals surface area contributed by atoms with Gasteiger partial charge in [-0.1, -0.05) is 0 Å². The molecular weight excluding hydrogens is 227 g/mol. The largest absolute Gasteiger partial charge is 0.478 e. The van der Waals surface area contributed by atoms with Crippen molar-refractivity contribution >= 4 is 11.9 Å². The molecule has 0 unspecified atom stereocenters. The van der Waals surface area contributed by atoms with Crippen molar-refractivity contribution in [3.8, 4) is 0 Å². The third kappa shape index (κ3) is 2.91. The average Bonchev–Trinajstić information content (AvgIpc) is 2.04. The fraction of sp³-hybridized carbons (Fsp3) is 0. The summed E-state index contributed by atoms with van der Waals surface area (Å²) in [6.45, 7) is 0. The van der Waals surface area contributed by atoms with Gasteiger partial charge in [0.2, 0.25) is 0 Å². The molecule has 1 aromatic heterocycles. The smallest absolute Gasteiger partial charge is 0.354 e. The van der Waals surface area contributed by atoms with E-state index in [1.54, 1.807) is 0 Å². The molecule has 0 radical (unpaired) electrons. The van der Waals surface area contributed by atoms with Gasteiger partial charge in [-0.05, 0) is 12.1 Å². The Hall–Kier alpha value is -1.29. The van der Waals surface area contributed by atoms with E-state index >= 15 is 0 Å². The number of nitrogens with zero attached hydrogens (tertiary/aromatic N) is 1. The molecule has 64 valence electrons. The predicted molar refractivity (Wildman–Crippen MR) is 38.2 cm³/mol. The van der Waals surface area contributed by atoms with Crippen LogP contribution in [-0.2, 0) is 19.5 Å². The van der Waals surface area contributed by atoms with Crippen molar-refractivity contribution in [3.63, 3.8) is 0 Å². The second-order valence-electron chi connectivity index (χ2n) is 2.04. The second kappa shape index (κ2) is 4.67. The van der Waals surface area contributed by atoms with Gasteiger partial charge >= 0.3 is 11.9 Å². The monoisotopic (exact) mass is 231 g/mol. The molecule has 0 fully saturated rings. The number of hydrogen-bond acceptors (Lipinski definition) is 3. The van der Waals surface area contributed by atoms with Crippen LogP contribution in [0.1, 0.15) is 20.8 Å². The van der Waals surface area contributed by atoms with Crippen LogP contribution in [0.4, 0.5) is 0 Å². The van der Waals surface area contributed by atoms with Gasteiger partial charge in [0.15, 0.2) is 0 Å². The minimum absolute atomic E-state index is 0. The Bertz CT molecular complexity index is 289. The molecule has 0 atom stereocenters. The molecule has 6 heteroatoms. The molecule has 1 heterocycles. The fourth-order valence-electron chi connectivity index (χ4n) is 0.647. The van der Waals surface area contributed by atoms with Crippen molar-refractivity contribution < 1.29 is 39.3 Å². The molecule has 5 nitrogen and oxygen atoms in total. The second-order valence-corrected chi connectivity index (χ2v) is 2.04. The summed E-state index contributed by atoms with van der Waals surface area (Å²) in [6, 6.07) is 2.34. The molecule has 0 amide bonds. The Kier molecular flexibility index (Phi) is 4.21. The molecular formula is C7H5NO4Zn. The Balaban J connectivity index is 0.00000144. The van der Waals surface area contributed by atoms with E-state index in [1.165, 1.54) is 6.07 Å². The molecule has 0 spiro atoms. The van der Waals surface area contributed by atoms with E-state index in [2.05, 4.69) is 4.98 Å². The molecule has 0 aliphatic rings. The van der Waals surface area contributed by atoms with Crippen molar-refractivity contribution in [1.82, 2.24) is 4.98 Å². The zero-order valence-corrected chi connectivity index (χ0v) is 9.56. The standard InChI is InChI=1S/C7H5NO4.Zn/c9-6(10)4-1-2-5(7(11)12)8-3-4;/h1-3H,(H,9,10)(H,11,12);. The molecule has 13 heavy (non-hydrogen) atoms. The average molecular weight is 233 g/mol. The van der Waals surface area contributed by atoms with E-state index in [4.69, 9.17) is 10.2 Å². The molecule has 0 aliphatic heterocycles. The Morgan fingerprint density at radius 3 is 2.08 bits per heavy atom. The van der Waals surface area contributed by atoms with Gasteiger partial charge in [-0.3, -0.25) is 0 Å². The van der Waals surface area contributed by atoms with Crippen LogP contribution in [0.3, 0.4) is 0 Å². The van der Waals surface area contributed by atoms with Gasteiger partial charge in [-0.25, -0.2) is 14.6 Å². The van der Waals surface area contributed by atoms with Crippen LogP contribution in [-0.4, -0.2) is 27.1 Å². The first-order chi connectivity index (χ1) is 5.61. The molecule has 0 bridgehead atoms. The zero-order valence-electron chi connectivity index (χ0n) is 6.60. The number of aromatic carboxylic acids is 2. The summed E-state index contributed by atoms with van der Waals surface area (Å²) in [7, 11) is 0. The molecule has 0 saturated heterocycles. The van der Waals surface area contributed by atoms with Crippen LogP contribution in [0.2, 0.25) is 0 Å². The fourth-order valence-corrected chi connectivity index (χ4v) is 0.647. The van der Waals surface area contributed by atoms with Gasteiger partial charge < -0.3 is 10.2 Å². The first-order valence-electron chi connectivity index (χ1n) is 3.04. The van der Waals surface area contributed by atoms with Crippen LogP contribution < -0.4 is 0 Å². The Morgan fingerprint density at radius 1 is 1.15 bits per heavy atom. The van der Waals surface area contributed by atoms with E-state index in [0.29, 0.717) is 0 Å². The van der Waals surface area contributed by atoms with Crippen molar-refractivity contribution in [1.29, 1.82) is 0 Å². The van der Waals surface area contributed by atoms with Crippen molar-refractivity contribution in [2.45, 2.75) is 0 Å². The van der Waals surface area contributed by atoms with Crippen LogP contribution in [0.15, 0.2) is 18.3 Å². The summed E-state index contributed by atoms with van der Waals surface area (Å²) in [5, 5.41) is 16.8. The summed E-state index contributed by atoms with van der Waals surface area (Å²) >= 11 is 0. The number of aromatic nitrogens is 1. The Labute approximate surface area is 86.2 Å². The maximum atomic E-state index is 10.3. The zero-order chi connectivity index (χ0) is 9.14. The number of hydrogen-bond donors (Lipinski definition) is 2. The molecule has 1 aromatic rings. The van der Waals surface area contributed by atoms with E-state index in [-0.39, 0.29) is 30.7 Å². The first kappa shape index (κ1) is 11.7. The van der Waals surface area contributed by atoms with Gasteiger partial charge in [0.05, 0.1) is 5.56 Å². The molecule has 1 rings (SSSR count). The number of rotatable bonds is 2. The predicted octanol–water partition coefficient (Wildman–Crippen LogP) is 0.475. The van der Waals surface area contributed by atoms with Gasteiger partial charge in [0.25, 0.3) is 0 Å². The van der Waals surface area contributed by atoms with E-state index in [9.17, 15) is 9.59 Å². The van der Waals surface area contributed by atoms with Crippen molar-refractivity contribution in [3.05, 3.63) is 29.6 Å². The summed E-state index contributed by atoms with van der Waals surface area (Å²) in [5.41, 5.74) is -0.194. The molecule has 0 aromatic carbocycles. The summed E-state index contributed by atoms with van der Waals surface area (Å²) in [6.07, 6.45) is 1.01. The van der Waals surface area contributed by atoms with Crippen LogP contribution in [0.25, 0.3) is 0 Å². The maximum absolute atomic E-state index is 10.3. The minimum Gasteiger partial charge on any atom is -0.478 e. The molecule has 0 saturated carbocycles. The number of pyridine rings is 1. The van der Waals surface area contributed by atoms with Crippen LogP contribution >= 0.6 is 0 Å². The third-order valence-corrected chi connectivity index (χ3v) is 1.23. The summed E-state index contributed by atoms with van der Waals surface area (Å²) < 4.78 is 0. The normalized spacial score (nSPS) is 8.62. The maximum Gasteiger partial charge on any atom is 0.354 e. The van der Waals surface area contributed by atoms with Crippen molar-refractivity contribution in [2.24, 2.45) is 0 Å². The summed E-state index contributed by atoms with van der Waals surface area (Å²) in [4.78, 5) is 24.0. The van der Waals surface area contributed by atoms with Gasteiger partial charge in [-0.15, -0.1) is 0 Å². The number of carboxylic acids is 2. The Morgan fingerprint density at radius 2 is 1.77 bits per heavy atom. The van der Waals surface area contributed by atoms with Gasteiger partial charge in [-0.2, -0.15) is 0 Å². The van der Waals surface area contributed by atoms with E-state index in [0.717, 1.165) is 12.3 Å². The number of carbonyl (C=O) groups is 2. The van der Waals surface area contributed by atoms with Gasteiger partial charge in [0, 0.05) is 25.7 Å². The topological polar surface area (TPSA) is 87.5 Å². The molecule has 0 aliphatic carbocycles. The number of carboxylic acid groups (broad SMARTS) is 2. The minimum atomic E-state index is -1.17. The quantitative estimate of drug-likeness (QED) is 0.724. The van der Waals surface area contributed by atoms with E-state index in [1.807, 2.05) is 0 Å². The van der Waals surface area contributed by atoms with Crippen LogP contribution in [0.5, 0.6) is 0 Å². The molecule has 2 N–H and O–H groups in total. The van der Waals surface area contributed by atoms with E-state index < -0.39 is 11.9 Å². The van der Waals surface area contributed by atoms with Gasteiger partial charge in [0.1, 0.15) is 5.69 Å². The van der Waals surface area contributed by atoms with Crippen molar-refractivity contribution in [2.75, 3.05) is 0 Å².